The van der Waals surface area contributed by atoms with Crippen molar-refractivity contribution in [1.82, 2.24) is 14.5 Å². The van der Waals surface area contributed by atoms with Crippen molar-refractivity contribution in [2.24, 2.45) is 5.92 Å². The summed E-state index contributed by atoms with van der Waals surface area (Å²) in [7, 11) is -3.74. The maximum atomic E-state index is 13.1. The van der Waals surface area contributed by atoms with E-state index in [2.05, 4.69) is 5.32 Å². The number of nitrogens with zero attached hydrogens (tertiary/aromatic N) is 2. The number of rotatable bonds is 5. The number of hydrogen-bond donors (Lipinski definition) is 1. The van der Waals surface area contributed by atoms with Crippen molar-refractivity contribution < 1.29 is 18.0 Å². The lowest BCUT2D eigenvalue weighted by Gasteiger charge is -2.31. The highest BCUT2D eigenvalue weighted by atomic mass is 32.2. The fraction of sp³-hybridized carbons (Fsp3) is 0.524. The highest BCUT2D eigenvalue weighted by Crippen LogP contribution is 2.32. The van der Waals surface area contributed by atoms with Crippen molar-refractivity contribution >= 4 is 33.6 Å². The molecule has 1 aromatic rings. The van der Waals surface area contributed by atoms with E-state index < -0.39 is 27.4 Å². The molecule has 30 heavy (non-hydrogen) atoms. The molecule has 0 radical (unpaired) electrons. The summed E-state index contributed by atoms with van der Waals surface area (Å²) in [6.45, 7) is 1.85. The second-order valence-electron chi connectivity index (χ2n) is 7.89. The number of carbonyl (C=O) groups excluding carboxylic acids is 2. The number of thioether (sulfide) groups is 1. The normalized spacial score (nSPS) is 27.3. The van der Waals surface area contributed by atoms with Gasteiger partial charge in [0.2, 0.25) is 21.8 Å². The van der Waals surface area contributed by atoms with Crippen LogP contribution in [-0.4, -0.2) is 60.5 Å². The largest absolute Gasteiger partial charge is 0.342 e. The van der Waals surface area contributed by atoms with Gasteiger partial charge < -0.3 is 10.2 Å². The first kappa shape index (κ1) is 21.4. The summed E-state index contributed by atoms with van der Waals surface area (Å²) in [4.78, 5) is 28.1. The molecule has 0 spiro atoms. The SMILES string of the molecule is O=C(NC1SC=CC1C(=O)N1CCCCC1)[C@H]1CCCN1S(=O)(=O)c1ccccc1. The predicted molar refractivity (Wildman–Crippen MR) is 116 cm³/mol. The Labute approximate surface area is 181 Å². The van der Waals surface area contributed by atoms with Crippen LogP contribution in [0, 0.1) is 5.92 Å². The first-order valence-electron chi connectivity index (χ1n) is 10.5. The Balaban J connectivity index is 1.44. The second kappa shape index (κ2) is 9.11. The van der Waals surface area contributed by atoms with Crippen LogP contribution < -0.4 is 5.32 Å². The van der Waals surface area contributed by atoms with Crippen molar-refractivity contribution in [3.8, 4) is 0 Å². The van der Waals surface area contributed by atoms with Gasteiger partial charge in [0.1, 0.15) is 6.04 Å². The monoisotopic (exact) mass is 449 g/mol. The molecule has 2 unspecified atom stereocenters. The fourth-order valence-electron chi connectivity index (χ4n) is 4.32. The molecule has 4 rings (SSSR count). The summed E-state index contributed by atoms with van der Waals surface area (Å²) >= 11 is 1.41. The fourth-order valence-corrected chi connectivity index (χ4v) is 6.98. The Bertz CT molecular complexity index is 913. The van der Waals surface area contributed by atoms with E-state index in [0.717, 1.165) is 32.4 Å². The molecule has 162 valence electrons. The van der Waals surface area contributed by atoms with E-state index in [1.54, 1.807) is 30.3 Å². The van der Waals surface area contributed by atoms with Crippen molar-refractivity contribution in [3.63, 3.8) is 0 Å². The number of piperidine rings is 1. The van der Waals surface area contributed by atoms with E-state index in [0.29, 0.717) is 19.4 Å². The van der Waals surface area contributed by atoms with Gasteiger partial charge in [-0.05, 0) is 49.6 Å². The van der Waals surface area contributed by atoms with E-state index >= 15 is 0 Å². The molecule has 1 N–H and O–H groups in total. The average molecular weight is 450 g/mol. The zero-order valence-corrected chi connectivity index (χ0v) is 18.4. The minimum absolute atomic E-state index is 0.0430. The molecule has 0 aromatic heterocycles. The van der Waals surface area contributed by atoms with Crippen LogP contribution in [0.2, 0.25) is 0 Å². The number of amides is 2. The molecule has 9 heteroatoms. The number of benzene rings is 1. The first-order chi connectivity index (χ1) is 14.5. The summed E-state index contributed by atoms with van der Waals surface area (Å²) in [5, 5.41) is 4.41. The Morgan fingerprint density at radius 1 is 1.00 bits per heavy atom. The Hall–Kier alpha value is -1.84. The van der Waals surface area contributed by atoms with Gasteiger partial charge in [0.15, 0.2) is 0 Å². The lowest BCUT2D eigenvalue weighted by molar-refractivity contribution is -0.135. The standard InChI is InChI=1S/C21H27N3O4S2/c25-19(18-10-7-14-24(18)30(27,28)16-8-3-1-4-9-16)22-20-17(11-15-29-20)21(26)23-12-5-2-6-13-23/h1,3-4,8-9,11,15,17-18,20H,2,5-7,10,12-14H2,(H,22,25)/t17?,18-,20?/m1/s1. The van der Waals surface area contributed by atoms with Crippen LogP contribution in [-0.2, 0) is 19.6 Å². The van der Waals surface area contributed by atoms with Crippen LogP contribution in [0.5, 0.6) is 0 Å². The van der Waals surface area contributed by atoms with Crippen LogP contribution in [0.4, 0.5) is 0 Å². The van der Waals surface area contributed by atoms with Gasteiger partial charge in [-0.15, -0.1) is 11.8 Å². The van der Waals surface area contributed by atoms with E-state index in [9.17, 15) is 18.0 Å². The van der Waals surface area contributed by atoms with Crippen LogP contribution in [0.3, 0.4) is 0 Å². The predicted octanol–water partition coefficient (Wildman–Crippen LogP) is 2.17. The quantitative estimate of drug-likeness (QED) is 0.745. The van der Waals surface area contributed by atoms with E-state index in [4.69, 9.17) is 0 Å². The van der Waals surface area contributed by atoms with Crippen LogP contribution in [0.1, 0.15) is 32.1 Å². The van der Waals surface area contributed by atoms with Gasteiger partial charge in [-0.1, -0.05) is 24.3 Å². The lowest BCUT2D eigenvalue weighted by atomic mass is 10.0. The molecule has 0 bridgehead atoms. The van der Waals surface area contributed by atoms with Crippen molar-refractivity contribution in [2.45, 2.75) is 48.4 Å². The molecule has 2 saturated heterocycles. The molecule has 7 nitrogen and oxygen atoms in total. The van der Waals surface area contributed by atoms with E-state index in [-0.39, 0.29) is 16.7 Å². The molecule has 0 aliphatic carbocycles. The highest BCUT2D eigenvalue weighted by molar-refractivity contribution is 8.03. The molecule has 3 aliphatic heterocycles. The summed E-state index contributed by atoms with van der Waals surface area (Å²) in [5.74, 6) is -0.691. The zero-order valence-electron chi connectivity index (χ0n) is 16.8. The van der Waals surface area contributed by atoms with Crippen molar-refractivity contribution in [1.29, 1.82) is 0 Å². The zero-order chi connectivity index (χ0) is 21.1. The molecule has 3 heterocycles. The summed E-state index contributed by atoms with van der Waals surface area (Å²) in [6, 6.07) is 7.46. The third kappa shape index (κ3) is 4.29. The Morgan fingerprint density at radius 2 is 1.73 bits per heavy atom. The number of likely N-dealkylation sites (tertiary alicyclic amines) is 1. The molecular formula is C21H27N3O4S2. The van der Waals surface area contributed by atoms with Crippen molar-refractivity contribution in [3.05, 3.63) is 41.8 Å². The van der Waals surface area contributed by atoms with Gasteiger partial charge in [0, 0.05) is 19.6 Å². The lowest BCUT2D eigenvalue weighted by Crippen LogP contribution is -2.51. The molecular weight excluding hydrogens is 422 g/mol. The maximum Gasteiger partial charge on any atom is 0.243 e. The van der Waals surface area contributed by atoms with Gasteiger partial charge in [0.25, 0.3) is 0 Å². The minimum Gasteiger partial charge on any atom is -0.342 e. The number of sulfonamides is 1. The number of carbonyl (C=O) groups is 2. The molecule has 3 aliphatic rings. The summed E-state index contributed by atoms with van der Waals surface area (Å²) in [5.41, 5.74) is 0. The van der Waals surface area contributed by atoms with Crippen LogP contribution >= 0.6 is 11.8 Å². The van der Waals surface area contributed by atoms with Crippen LogP contribution in [0.25, 0.3) is 0 Å². The third-order valence-electron chi connectivity index (χ3n) is 5.93. The van der Waals surface area contributed by atoms with Gasteiger partial charge >= 0.3 is 0 Å². The average Bonchev–Trinajstić information content (AvgIpc) is 3.44. The van der Waals surface area contributed by atoms with E-state index in [1.165, 1.54) is 16.1 Å². The first-order valence-corrected chi connectivity index (χ1v) is 12.8. The molecule has 3 atom stereocenters. The highest BCUT2D eigenvalue weighted by Gasteiger charge is 2.42. The number of hydrogen-bond acceptors (Lipinski definition) is 5. The van der Waals surface area contributed by atoms with Gasteiger partial charge in [0.05, 0.1) is 16.2 Å². The Kier molecular flexibility index (Phi) is 6.50. The molecule has 1 aromatic carbocycles. The topological polar surface area (TPSA) is 86.8 Å². The van der Waals surface area contributed by atoms with E-state index in [1.807, 2.05) is 16.4 Å². The molecule has 0 saturated carbocycles. The van der Waals surface area contributed by atoms with Crippen LogP contribution in [0.15, 0.2) is 46.7 Å². The maximum absolute atomic E-state index is 13.1. The summed E-state index contributed by atoms with van der Waals surface area (Å²) in [6.07, 6.45) is 6.14. The van der Waals surface area contributed by atoms with Gasteiger partial charge in [-0.3, -0.25) is 9.59 Å². The third-order valence-corrected chi connectivity index (χ3v) is 8.87. The summed E-state index contributed by atoms with van der Waals surface area (Å²) < 4.78 is 27.4. The molecule has 2 fully saturated rings. The van der Waals surface area contributed by atoms with Gasteiger partial charge in [-0.25, -0.2) is 8.42 Å². The molecule has 2 amide bonds. The minimum atomic E-state index is -3.74. The van der Waals surface area contributed by atoms with Gasteiger partial charge in [-0.2, -0.15) is 4.31 Å². The smallest absolute Gasteiger partial charge is 0.243 e. The number of nitrogens with one attached hydrogen (secondary N) is 1. The second-order valence-corrected chi connectivity index (χ2v) is 10.8. The van der Waals surface area contributed by atoms with Crippen molar-refractivity contribution in [2.75, 3.05) is 19.6 Å². The Morgan fingerprint density at radius 3 is 2.47 bits per heavy atom.